The molecule has 3 aliphatic rings. The van der Waals surface area contributed by atoms with Gasteiger partial charge < -0.3 is 15.8 Å². The van der Waals surface area contributed by atoms with E-state index in [-0.39, 0.29) is 11.9 Å². The number of carbonyl (C=O) groups is 1. The smallest absolute Gasteiger partial charge is 0.251 e. The minimum Gasteiger partial charge on any atom is -0.457 e. The van der Waals surface area contributed by atoms with Crippen molar-refractivity contribution < 1.29 is 9.53 Å². The summed E-state index contributed by atoms with van der Waals surface area (Å²) in [6.07, 6.45) is 2.37. The third kappa shape index (κ3) is 3.40. The second kappa shape index (κ2) is 7.00. The quantitative estimate of drug-likeness (QED) is 0.830. The van der Waals surface area contributed by atoms with Gasteiger partial charge in [-0.1, -0.05) is 0 Å². The fraction of sp³-hybridized carbons (Fsp3) is 0.381. The standard InChI is InChI=1S/C21H25N3O2/c1-14-20(15-10-12-24(14)13-11-15)23-21(25)16-2-6-18(7-3-16)26-19-8-4-17(22)5-9-19/h2-9,14-15,20H,10-13,22H2,1H3,(H,23,25). The second-order valence-electron chi connectivity index (χ2n) is 7.31. The maximum atomic E-state index is 12.7. The van der Waals surface area contributed by atoms with E-state index >= 15 is 0 Å². The Morgan fingerprint density at radius 2 is 1.62 bits per heavy atom. The van der Waals surface area contributed by atoms with Gasteiger partial charge in [-0.15, -0.1) is 0 Å². The van der Waals surface area contributed by atoms with E-state index in [4.69, 9.17) is 10.5 Å². The van der Waals surface area contributed by atoms with Crippen molar-refractivity contribution in [3.05, 3.63) is 54.1 Å². The van der Waals surface area contributed by atoms with Crippen molar-refractivity contribution in [3.63, 3.8) is 0 Å². The predicted molar refractivity (Wildman–Crippen MR) is 102 cm³/mol. The average molecular weight is 351 g/mol. The number of nitrogens with two attached hydrogens (primary N) is 1. The van der Waals surface area contributed by atoms with Crippen molar-refractivity contribution in [1.29, 1.82) is 0 Å². The number of nitrogen functional groups attached to an aromatic ring is 1. The van der Waals surface area contributed by atoms with Crippen LogP contribution in [-0.4, -0.2) is 36.0 Å². The minimum absolute atomic E-state index is 0.00497. The number of benzene rings is 2. The number of rotatable bonds is 4. The van der Waals surface area contributed by atoms with E-state index in [1.165, 1.54) is 12.8 Å². The molecule has 2 atom stereocenters. The molecule has 5 rings (SSSR count). The SMILES string of the molecule is CC1C(NC(=O)c2ccc(Oc3ccc(N)cc3)cc2)C2CCN1CC2. The van der Waals surface area contributed by atoms with Crippen LogP contribution in [0, 0.1) is 5.92 Å². The Labute approximate surface area is 154 Å². The number of nitrogens with zero attached hydrogens (tertiary/aromatic N) is 1. The van der Waals surface area contributed by atoms with Gasteiger partial charge in [0.25, 0.3) is 5.91 Å². The molecule has 2 aromatic carbocycles. The van der Waals surface area contributed by atoms with Crippen LogP contribution >= 0.6 is 0 Å². The number of hydrogen-bond donors (Lipinski definition) is 2. The Kier molecular flexibility index (Phi) is 4.55. The molecule has 0 saturated carbocycles. The third-order valence-corrected chi connectivity index (χ3v) is 5.71. The zero-order valence-electron chi connectivity index (χ0n) is 15.0. The number of amides is 1. The van der Waals surface area contributed by atoms with Gasteiger partial charge in [-0.25, -0.2) is 0 Å². The third-order valence-electron chi connectivity index (χ3n) is 5.71. The van der Waals surface area contributed by atoms with Gasteiger partial charge in [0, 0.05) is 23.3 Å². The van der Waals surface area contributed by atoms with Gasteiger partial charge in [0.1, 0.15) is 11.5 Å². The highest BCUT2D eigenvalue weighted by Gasteiger charge is 2.40. The number of nitrogens with one attached hydrogen (secondary N) is 1. The summed E-state index contributed by atoms with van der Waals surface area (Å²) in [7, 11) is 0. The van der Waals surface area contributed by atoms with E-state index < -0.39 is 0 Å². The summed E-state index contributed by atoms with van der Waals surface area (Å²) in [5, 5.41) is 3.26. The Balaban J connectivity index is 1.40. The van der Waals surface area contributed by atoms with Crippen molar-refractivity contribution in [2.45, 2.75) is 31.8 Å². The lowest BCUT2D eigenvalue weighted by Gasteiger charge is -2.49. The van der Waals surface area contributed by atoms with Crippen LogP contribution in [0.5, 0.6) is 11.5 Å². The van der Waals surface area contributed by atoms with E-state index in [2.05, 4.69) is 17.1 Å². The minimum atomic E-state index is -0.00497. The highest BCUT2D eigenvalue weighted by Crippen LogP contribution is 2.32. The first-order chi connectivity index (χ1) is 12.6. The topological polar surface area (TPSA) is 67.6 Å². The van der Waals surface area contributed by atoms with Gasteiger partial charge in [-0.2, -0.15) is 0 Å². The van der Waals surface area contributed by atoms with Gasteiger partial charge >= 0.3 is 0 Å². The molecular weight excluding hydrogens is 326 g/mol. The lowest BCUT2D eigenvalue weighted by Crippen LogP contribution is -2.62. The van der Waals surface area contributed by atoms with E-state index in [0.717, 1.165) is 18.8 Å². The first-order valence-electron chi connectivity index (χ1n) is 9.28. The van der Waals surface area contributed by atoms with Crippen LogP contribution in [0.25, 0.3) is 0 Å². The largest absolute Gasteiger partial charge is 0.457 e. The molecular formula is C21H25N3O2. The average Bonchev–Trinajstić information content (AvgIpc) is 2.67. The van der Waals surface area contributed by atoms with Crippen LogP contribution in [0.4, 0.5) is 5.69 Å². The molecule has 3 fully saturated rings. The predicted octanol–water partition coefficient (Wildman–Crippen LogP) is 3.27. The maximum Gasteiger partial charge on any atom is 0.251 e. The molecule has 3 saturated heterocycles. The zero-order valence-corrected chi connectivity index (χ0v) is 15.0. The molecule has 0 spiro atoms. The van der Waals surface area contributed by atoms with Crippen LogP contribution < -0.4 is 15.8 Å². The molecule has 26 heavy (non-hydrogen) atoms. The van der Waals surface area contributed by atoms with E-state index in [1.807, 2.05) is 36.4 Å². The Morgan fingerprint density at radius 3 is 2.19 bits per heavy atom. The van der Waals surface area contributed by atoms with Gasteiger partial charge in [0.2, 0.25) is 0 Å². The molecule has 136 valence electrons. The molecule has 0 radical (unpaired) electrons. The number of ether oxygens (including phenoxy) is 1. The lowest BCUT2D eigenvalue weighted by atomic mass is 9.79. The normalized spacial score (nSPS) is 27.1. The molecule has 0 aliphatic carbocycles. The van der Waals surface area contributed by atoms with Crippen LogP contribution in [0.3, 0.4) is 0 Å². The molecule has 2 aromatic rings. The molecule has 5 heteroatoms. The summed E-state index contributed by atoms with van der Waals surface area (Å²) in [4.78, 5) is 15.1. The zero-order chi connectivity index (χ0) is 18.1. The van der Waals surface area contributed by atoms with Crippen molar-refractivity contribution in [3.8, 4) is 11.5 Å². The number of carbonyl (C=O) groups excluding carboxylic acids is 1. The Morgan fingerprint density at radius 1 is 1.04 bits per heavy atom. The summed E-state index contributed by atoms with van der Waals surface area (Å²) in [5.41, 5.74) is 7.04. The van der Waals surface area contributed by atoms with Gasteiger partial charge in [-0.05, 0) is 87.3 Å². The first kappa shape index (κ1) is 16.9. The van der Waals surface area contributed by atoms with E-state index in [0.29, 0.717) is 29.0 Å². The molecule has 3 heterocycles. The maximum absolute atomic E-state index is 12.7. The van der Waals surface area contributed by atoms with E-state index in [9.17, 15) is 4.79 Å². The van der Waals surface area contributed by atoms with Crippen molar-refractivity contribution in [2.24, 2.45) is 5.92 Å². The molecule has 3 aliphatic heterocycles. The monoisotopic (exact) mass is 351 g/mol. The first-order valence-corrected chi connectivity index (χ1v) is 9.28. The Hall–Kier alpha value is -2.53. The van der Waals surface area contributed by atoms with Gasteiger partial charge in [0.05, 0.1) is 0 Å². The highest BCUT2D eigenvalue weighted by molar-refractivity contribution is 5.94. The van der Waals surface area contributed by atoms with Crippen molar-refractivity contribution in [2.75, 3.05) is 18.8 Å². The Bertz CT molecular complexity index is 763. The fourth-order valence-corrected chi connectivity index (χ4v) is 4.13. The number of hydrogen-bond acceptors (Lipinski definition) is 4. The van der Waals surface area contributed by atoms with Gasteiger partial charge in [-0.3, -0.25) is 9.69 Å². The summed E-state index contributed by atoms with van der Waals surface area (Å²) >= 11 is 0. The van der Waals surface area contributed by atoms with Crippen LogP contribution in [0.1, 0.15) is 30.1 Å². The number of piperidine rings is 3. The summed E-state index contributed by atoms with van der Waals surface area (Å²) < 4.78 is 5.78. The van der Waals surface area contributed by atoms with Gasteiger partial charge in [0.15, 0.2) is 0 Å². The van der Waals surface area contributed by atoms with Crippen LogP contribution in [0.2, 0.25) is 0 Å². The lowest BCUT2D eigenvalue weighted by molar-refractivity contribution is 0.0217. The summed E-state index contributed by atoms with van der Waals surface area (Å²) in [6, 6.07) is 15.2. The van der Waals surface area contributed by atoms with Crippen LogP contribution in [-0.2, 0) is 0 Å². The molecule has 5 nitrogen and oxygen atoms in total. The molecule has 3 N–H and O–H groups in total. The van der Waals surface area contributed by atoms with E-state index in [1.54, 1.807) is 12.1 Å². The summed E-state index contributed by atoms with van der Waals surface area (Å²) in [5.74, 6) is 2.02. The van der Waals surface area contributed by atoms with Crippen molar-refractivity contribution in [1.82, 2.24) is 10.2 Å². The summed E-state index contributed by atoms with van der Waals surface area (Å²) in [6.45, 7) is 4.55. The van der Waals surface area contributed by atoms with Crippen LogP contribution in [0.15, 0.2) is 48.5 Å². The van der Waals surface area contributed by atoms with Crippen molar-refractivity contribution >= 4 is 11.6 Å². The molecule has 2 unspecified atom stereocenters. The molecule has 1 amide bonds. The number of anilines is 1. The molecule has 0 aromatic heterocycles. The second-order valence-corrected chi connectivity index (χ2v) is 7.31. The molecule has 2 bridgehead atoms. The highest BCUT2D eigenvalue weighted by atomic mass is 16.5. The number of fused-ring (bicyclic) bond motifs is 3. The fourth-order valence-electron chi connectivity index (χ4n) is 4.13.